The van der Waals surface area contributed by atoms with Crippen molar-refractivity contribution >= 4 is 23.4 Å². The van der Waals surface area contributed by atoms with Crippen LogP contribution in [0.5, 0.6) is 0 Å². The Labute approximate surface area is 93.8 Å². The van der Waals surface area contributed by atoms with E-state index in [1.165, 1.54) is 5.56 Å². The zero-order chi connectivity index (χ0) is 10.8. The maximum Gasteiger partial charge on any atom is 0.234 e. The van der Waals surface area contributed by atoms with E-state index in [4.69, 9.17) is 0 Å². The van der Waals surface area contributed by atoms with E-state index in [0.717, 1.165) is 10.6 Å². The summed E-state index contributed by atoms with van der Waals surface area (Å²) in [4.78, 5) is 12.4. The van der Waals surface area contributed by atoms with Crippen molar-refractivity contribution < 1.29 is 4.79 Å². The van der Waals surface area contributed by atoms with Crippen LogP contribution in [-0.2, 0) is 4.79 Å². The number of hydrogen-bond donors (Lipinski definition) is 1. The van der Waals surface area contributed by atoms with E-state index in [-0.39, 0.29) is 5.91 Å². The average molecular weight is 219 g/mol. The third kappa shape index (κ3) is 2.07. The number of amides is 1. The average Bonchev–Trinajstić information content (AvgIpc) is 2.27. The Bertz CT molecular complexity index is 414. The van der Waals surface area contributed by atoms with E-state index in [0.29, 0.717) is 11.7 Å². The Morgan fingerprint density at radius 2 is 2.40 bits per heavy atom. The van der Waals surface area contributed by atoms with Crippen molar-refractivity contribution in [3.05, 3.63) is 36.4 Å². The highest BCUT2D eigenvalue weighted by molar-refractivity contribution is 8.00. The van der Waals surface area contributed by atoms with Gasteiger partial charge < -0.3 is 5.32 Å². The van der Waals surface area contributed by atoms with Gasteiger partial charge in [0.25, 0.3) is 0 Å². The number of carbonyl (C=O) groups excluding carboxylic acids is 1. The van der Waals surface area contributed by atoms with Gasteiger partial charge >= 0.3 is 0 Å². The zero-order valence-electron chi connectivity index (χ0n) is 8.62. The van der Waals surface area contributed by atoms with Crippen LogP contribution in [0.2, 0.25) is 0 Å². The van der Waals surface area contributed by atoms with Crippen molar-refractivity contribution in [2.24, 2.45) is 0 Å². The Balaban J connectivity index is 2.36. The molecule has 1 unspecified atom stereocenters. The van der Waals surface area contributed by atoms with E-state index < -0.39 is 0 Å². The Morgan fingerprint density at radius 1 is 1.60 bits per heavy atom. The van der Waals surface area contributed by atoms with Crippen LogP contribution in [0.4, 0.5) is 5.69 Å². The molecule has 3 heteroatoms. The van der Waals surface area contributed by atoms with Crippen LogP contribution in [0.1, 0.15) is 18.4 Å². The smallest absolute Gasteiger partial charge is 0.234 e. The first-order valence-electron chi connectivity index (χ1n) is 4.90. The fourth-order valence-electron chi connectivity index (χ4n) is 1.52. The van der Waals surface area contributed by atoms with E-state index in [2.05, 4.69) is 31.0 Å². The van der Waals surface area contributed by atoms with Gasteiger partial charge in [-0.15, -0.1) is 18.3 Å². The Kier molecular flexibility index (Phi) is 2.82. The topological polar surface area (TPSA) is 29.1 Å². The second kappa shape index (κ2) is 4.11. The molecule has 0 saturated carbocycles. The van der Waals surface area contributed by atoms with Crippen molar-refractivity contribution in [1.29, 1.82) is 0 Å². The second-order valence-corrected chi connectivity index (χ2v) is 4.63. The molecule has 1 aliphatic rings. The molecule has 2 nitrogen and oxygen atoms in total. The largest absolute Gasteiger partial charge is 0.324 e. The van der Waals surface area contributed by atoms with E-state index in [9.17, 15) is 4.79 Å². The molecule has 0 saturated heterocycles. The van der Waals surface area contributed by atoms with E-state index >= 15 is 0 Å². The molecule has 0 fully saturated rings. The maximum atomic E-state index is 11.2. The lowest BCUT2D eigenvalue weighted by molar-refractivity contribution is -0.113. The maximum absolute atomic E-state index is 11.2. The number of rotatable bonds is 2. The summed E-state index contributed by atoms with van der Waals surface area (Å²) in [5.41, 5.74) is 2.12. The molecule has 1 atom stereocenters. The number of hydrogen-bond acceptors (Lipinski definition) is 2. The summed E-state index contributed by atoms with van der Waals surface area (Å²) in [5, 5.41) is 2.89. The quantitative estimate of drug-likeness (QED) is 0.775. The number of benzene rings is 1. The number of nitrogens with one attached hydrogen (secondary N) is 1. The fourth-order valence-corrected chi connectivity index (χ4v) is 2.31. The molecule has 15 heavy (non-hydrogen) atoms. The van der Waals surface area contributed by atoms with Gasteiger partial charge in [-0.3, -0.25) is 4.79 Å². The monoisotopic (exact) mass is 219 g/mol. The molecular weight excluding hydrogens is 206 g/mol. The van der Waals surface area contributed by atoms with Crippen LogP contribution >= 0.6 is 11.8 Å². The van der Waals surface area contributed by atoms with Crippen molar-refractivity contribution in [3.63, 3.8) is 0 Å². The van der Waals surface area contributed by atoms with Crippen LogP contribution in [0, 0.1) is 0 Å². The lowest BCUT2D eigenvalue weighted by Gasteiger charge is -2.18. The van der Waals surface area contributed by atoms with Crippen molar-refractivity contribution in [3.8, 4) is 0 Å². The first-order valence-corrected chi connectivity index (χ1v) is 5.88. The van der Waals surface area contributed by atoms with Gasteiger partial charge in [-0.05, 0) is 23.6 Å². The highest BCUT2D eigenvalue weighted by Crippen LogP contribution is 2.33. The molecule has 2 rings (SSSR count). The molecule has 1 heterocycles. The molecule has 1 aromatic carbocycles. The summed E-state index contributed by atoms with van der Waals surface area (Å²) in [6, 6.07) is 6.19. The van der Waals surface area contributed by atoms with Crippen LogP contribution in [0.3, 0.4) is 0 Å². The SMILES string of the molecule is C=CC(C)c1ccc2c(c1)NC(=O)CS2. The summed E-state index contributed by atoms with van der Waals surface area (Å²) in [5.74, 6) is 0.915. The Morgan fingerprint density at radius 3 is 3.13 bits per heavy atom. The molecule has 0 aromatic heterocycles. The van der Waals surface area contributed by atoms with Crippen LogP contribution in [-0.4, -0.2) is 11.7 Å². The number of allylic oxidation sites excluding steroid dienone is 1. The number of fused-ring (bicyclic) bond motifs is 1. The van der Waals surface area contributed by atoms with Crippen molar-refractivity contribution in [2.75, 3.05) is 11.1 Å². The second-order valence-electron chi connectivity index (χ2n) is 3.62. The molecule has 78 valence electrons. The molecule has 0 aliphatic carbocycles. The van der Waals surface area contributed by atoms with Gasteiger partial charge in [0.05, 0.1) is 11.4 Å². The normalized spacial score (nSPS) is 16.5. The van der Waals surface area contributed by atoms with Crippen LogP contribution < -0.4 is 5.32 Å². The lowest BCUT2D eigenvalue weighted by atomic mass is 10.0. The first-order chi connectivity index (χ1) is 7.20. The summed E-state index contributed by atoms with van der Waals surface area (Å²) >= 11 is 1.59. The number of carbonyl (C=O) groups is 1. The van der Waals surface area contributed by atoms with Crippen LogP contribution in [0.25, 0.3) is 0 Å². The molecule has 1 amide bonds. The lowest BCUT2D eigenvalue weighted by Crippen LogP contribution is -2.18. The molecule has 0 bridgehead atoms. The predicted molar refractivity (Wildman–Crippen MR) is 64.4 cm³/mol. The highest BCUT2D eigenvalue weighted by atomic mass is 32.2. The number of anilines is 1. The first kappa shape index (κ1) is 10.3. The van der Waals surface area contributed by atoms with Gasteiger partial charge in [-0.2, -0.15) is 0 Å². The van der Waals surface area contributed by atoms with E-state index in [1.807, 2.05) is 12.1 Å². The van der Waals surface area contributed by atoms with Crippen molar-refractivity contribution in [2.45, 2.75) is 17.7 Å². The van der Waals surface area contributed by atoms with Gasteiger partial charge in [0.2, 0.25) is 5.91 Å². The highest BCUT2D eigenvalue weighted by Gasteiger charge is 2.15. The molecule has 1 aliphatic heterocycles. The van der Waals surface area contributed by atoms with Gasteiger partial charge in [0.15, 0.2) is 0 Å². The number of thioether (sulfide) groups is 1. The summed E-state index contributed by atoms with van der Waals surface area (Å²) in [6.45, 7) is 5.86. The van der Waals surface area contributed by atoms with Crippen molar-refractivity contribution in [1.82, 2.24) is 0 Å². The summed E-state index contributed by atoms with van der Waals surface area (Å²) in [6.07, 6.45) is 1.90. The molecule has 1 aromatic rings. The molecule has 0 spiro atoms. The molecule has 0 radical (unpaired) electrons. The molecule has 1 N–H and O–H groups in total. The summed E-state index contributed by atoms with van der Waals surface area (Å²) in [7, 11) is 0. The minimum atomic E-state index is 0.0795. The molecular formula is C12H13NOS. The predicted octanol–water partition coefficient (Wildman–Crippen LogP) is 3.02. The standard InChI is InChI=1S/C12H13NOS/c1-3-8(2)9-4-5-11-10(6-9)13-12(14)7-15-11/h3-6,8H,1,7H2,2H3,(H,13,14). The minimum Gasteiger partial charge on any atom is -0.324 e. The van der Waals surface area contributed by atoms with Gasteiger partial charge in [-0.1, -0.05) is 19.1 Å². The van der Waals surface area contributed by atoms with Gasteiger partial charge in [0.1, 0.15) is 0 Å². The summed E-state index contributed by atoms with van der Waals surface area (Å²) < 4.78 is 0. The van der Waals surface area contributed by atoms with E-state index in [1.54, 1.807) is 11.8 Å². The Hall–Kier alpha value is -1.22. The third-order valence-corrected chi connectivity index (χ3v) is 3.59. The zero-order valence-corrected chi connectivity index (χ0v) is 9.43. The minimum absolute atomic E-state index is 0.0795. The fraction of sp³-hybridized carbons (Fsp3) is 0.250. The third-order valence-electron chi connectivity index (χ3n) is 2.52. The van der Waals surface area contributed by atoms with Crippen LogP contribution in [0.15, 0.2) is 35.7 Å². The van der Waals surface area contributed by atoms with Gasteiger partial charge in [-0.25, -0.2) is 0 Å². The van der Waals surface area contributed by atoms with Gasteiger partial charge in [0, 0.05) is 4.90 Å².